The van der Waals surface area contributed by atoms with Crippen molar-refractivity contribution in [2.75, 3.05) is 6.61 Å². The molecule has 0 saturated heterocycles. The molecule has 7 nitrogen and oxygen atoms in total. The zero-order chi connectivity index (χ0) is 24.3. The first kappa shape index (κ1) is 24.5. The van der Waals surface area contributed by atoms with Gasteiger partial charge in [0.15, 0.2) is 0 Å². The second kappa shape index (κ2) is 10.3. The van der Waals surface area contributed by atoms with Gasteiger partial charge in [-0.25, -0.2) is 22.9 Å². The fraction of sp³-hybridized carbons (Fsp3) is 0.440. The minimum Gasteiger partial charge on any atom is -0.449 e. The Balaban J connectivity index is 1.62. The molecule has 4 rings (SSSR count). The highest BCUT2D eigenvalue weighted by molar-refractivity contribution is 7.92. The van der Waals surface area contributed by atoms with Crippen LogP contribution in [-0.4, -0.2) is 30.7 Å². The summed E-state index contributed by atoms with van der Waals surface area (Å²) in [5, 5.41) is 0. The number of benzene rings is 1. The molecule has 34 heavy (non-hydrogen) atoms. The monoisotopic (exact) mass is 501 g/mol. The van der Waals surface area contributed by atoms with E-state index in [0.29, 0.717) is 17.9 Å². The molecule has 1 N–H and O–H groups in total. The van der Waals surface area contributed by atoms with E-state index in [1.807, 2.05) is 37.5 Å². The lowest BCUT2D eigenvalue weighted by atomic mass is 10.0. The second-order valence-corrected chi connectivity index (χ2v) is 12.0. The Morgan fingerprint density at radius 3 is 2.76 bits per heavy atom. The maximum Gasteiger partial charge on any atom is 0.421 e. The molecule has 1 amide bonds. The third-order valence-corrected chi connectivity index (χ3v) is 8.89. The molecule has 3 heterocycles. The average Bonchev–Trinajstić information content (AvgIpc) is 3.49. The highest BCUT2D eigenvalue weighted by Crippen LogP contribution is 2.38. The van der Waals surface area contributed by atoms with Gasteiger partial charge in [-0.15, -0.1) is 11.3 Å². The zero-order valence-electron chi connectivity index (χ0n) is 19.8. The van der Waals surface area contributed by atoms with Crippen LogP contribution >= 0.6 is 11.3 Å². The van der Waals surface area contributed by atoms with Crippen LogP contribution in [0.1, 0.15) is 62.3 Å². The smallest absolute Gasteiger partial charge is 0.421 e. The van der Waals surface area contributed by atoms with Crippen molar-refractivity contribution in [3.8, 4) is 11.1 Å². The van der Waals surface area contributed by atoms with Gasteiger partial charge in [0.05, 0.1) is 12.6 Å². The molecular formula is C25H31N3O4S2. The fourth-order valence-corrected chi connectivity index (χ4v) is 7.10. The Hall–Kier alpha value is -2.65. The quantitative estimate of drug-likeness (QED) is 0.388. The lowest BCUT2D eigenvalue weighted by molar-refractivity contribution is 0.151. The van der Waals surface area contributed by atoms with E-state index in [1.165, 1.54) is 16.9 Å². The summed E-state index contributed by atoms with van der Waals surface area (Å²) in [5.74, 6) is 1.47. The van der Waals surface area contributed by atoms with Crippen LogP contribution in [0.5, 0.6) is 0 Å². The van der Waals surface area contributed by atoms with Gasteiger partial charge >= 0.3 is 6.09 Å². The Labute approximate surface area is 205 Å². The molecule has 1 atom stereocenters. The summed E-state index contributed by atoms with van der Waals surface area (Å²) in [4.78, 5) is 17.5. The lowest BCUT2D eigenvalue weighted by Crippen LogP contribution is -2.31. The van der Waals surface area contributed by atoms with Gasteiger partial charge in [0, 0.05) is 29.3 Å². The van der Waals surface area contributed by atoms with Crippen molar-refractivity contribution in [1.29, 1.82) is 0 Å². The fourth-order valence-electron chi connectivity index (χ4n) is 4.26. The Morgan fingerprint density at radius 2 is 2.06 bits per heavy atom. The molecule has 0 saturated carbocycles. The molecule has 1 aliphatic heterocycles. The maximum atomic E-state index is 13.1. The number of imidazole rings is 1. The van der Waals surface area contributed by atoms with E-state index in [9.17, 15) is 13.2 Å². The van der Waals surface area contributed by atoms with E-state index < -0.39 is 16.1 Å². The minimum atomic E-state index is -4.07. The van der Waals surface area contributed by atoms with E-state index in [0.717, 1.165) is 41.9 Å². The van der Waals surface area contributed by atoms with Gasteiger partial charge in [0.25, 0.3) is 10.0 Å². The Kier molecular flexibility index (Phi) is 7.42. The largest absolute Gasteiger partial charge is 0.449 e. The summed E-state index contributed by atoms with van der Waals surface area (Å²) >= 11 is 1.21. The van der Waals surface area contributed by atoms with Crippen molar-refractivity contribution in [2.24, 2.45) is 5.92 Å². The molecule has 2 aromatic heterocycles. The van der Waals surface area contributed by atoms with Gasteiger partial charge in [0.1, 0.15) is 10.0 Å². The van der Waals surface area contributed by atoms with Crippen molar-refractivity contribution >= 4 is 27.5 Å². The molecule has 1 aromatic carbocycles. The molecule has 182 valence electrons. The van der Waals surface area contributed by atoms with Crippen LogP contribution in [0.15, 0.2) is 46.9 Å². The van der Waals surface area contributed by atoms with E-state index >= 15 is 0 Å². The van der Waals surface area contributed by atoms with Crippen LogP contribution in [0.3, 0.4) is 0 Å². The van der Waals surface area contributed by atoms with E-state index in [1.54, 1.807) is 0 Å². The van der Waals surface area contributed by atoms with E-state index in [-0.39, 0.29) is 16.9 Å². The number of carbonyl (C=O) groups excluding carboxylic acids is 1. The topological polar surface area (TPSA) is 90.3 Å². The van der Waals surface area contributed by atoms with Crippen LogP contribution in [0.2, 0.25) is 0 Å². The van der Waals surface area contributed by atoms with Crippen LogP contribution < -0.4 is 4.72 Å². The normalized spacial score (nSPS) is 15.5. The van der Waals surface area contributed by atoms with Gasteiger partial charge in [-0.2, -0.15) is 0 Å². The molecule has 9 heteroatoms. The minimum absolute atomic E-state index is 0.140. The number of hydrogen-bond acceptors (Lipinski definition) is 6. The molecule has 0 bridgehead atoms. The number of sulfonamides is 1. The van der Waals surface area contributed by atoms with Gasteiger partial charge in [0.2, 0.25) is 0 Å². The van der Waals surface area contributed by atoms with Crippen LogP contribution in [-0.2, 0) is 27.6 Å². The summed E-state index contributed by atoms with van der Waals surface area (Å²) in [6.45, 7) is 6.35. The second-order valence-electron chi connectivity index (χ2n) is 9.03. The van der Waals surface area contributed by atoms with E-state index in [2.05, 4.69) is 40.3 Å². The van der Waals surface area contributed by atoms with Crippen molar-refractivity contribution in [3.05, 3.63) is 59.0 Å². The first-order chi connectivity index (χ1) is 16.3. The number of carbonyl (C=O) groups is 1. The van der Waals surface area contributed by atoms with Crippen molar-refractivity contribution < 1.29 is 17.9 Å². The Bertz CT molecular complexity index is 1240. The molecule has 0 aliphatic carbocycles. The van der Waals surface area contributed by atoms with Crippen molar-refractivity contribution in [3.63, 3.8) is 0 Å². The highest BCUT2D eigenvalue weighted by atomic mass is 32.2. The first-order valence-electron chi connectivity index (χ1n) is 11.7. The number of unbranched alkanes of at least 4 members (excludes halogenated alkanes) is 1. The van der Waals surface area contributed by atoms with E-state index in [4.69, 9.17) is 4.74 Å². The number of rotatable bonds is 9. The van der Waals surface area contributed by atoms with Gasteiger partial charge in [-0.1, -0.05) is 51.5 Å². The number of aromatic nitrogens is 2. The predicted molar refractivity (Wildman–Crippen MR) is 134 cm³/mol. The lowest BCUT2D eigenvalue weighted by Gasteiger charge is -2.14. The molecule has 0 radical (unpaired) electrons. The number of ether oxygens (including phenoxy) is 1. The number of nitrogens with zero attached hydrogens (tertiary/aromatic N) is 2. The molecule has 3 aromatic rings. The van der Waals surface area contributed by atoms with Crippen molar-refractivity contribution in [1.82, 2.24) is 14.3 Å². The summed E-state index contributed by atoms with van der Waals surface area (Å²) in [6, 6.07) is 10.2. The maximum absolute atomic E-state index is 13.1. The summed E-state index contributed by atoms with van der Waals surface area (Å²) < 4.78 is 35.7. The SMILES string of the molecule is CCCCOC(=O)NS(=O)(=O)c1sc(CC(C)C)cc1-c1ccc([C@@H]2CCc3nccn32)cc1. The van der Waals surface area contributed by atoms with Crippen molar-refractivity contribution in [2.45, 2.75) is 63.1 Å². The van der Waals surface area contributed by atoms with Gasteiger partial charge in [-0.3, -0.25) is 0 Å². The first-order valence-corrected chi connectivity index (χ1v) is 14.0. The summed E-state index contributed by atoms with van der Waals surface area (Å²) in [7, 11) is -4.07. The number of thiophene rings is 1. The molecule has 1 aliphatic rings. The third kappa shape index (κ3) is 5.36. The molecule has 0 unspecified atom stereocenters. The van der Waals surface area contributed by atoms with Gasteiger partial charge < -0.3 is 9.30 Å². The third-order valence-electron chi connectivity index (χ3n) is 5.88. The average molecular weight is 502 g/mol. The Morgan fingerprint density at radius 1 is 1.29 bits per heavy atom. The molecule has 0 spiro atoms. The van der Waals surface area contributed by atoms with Crippen LogP contribution in [0.4, 0.5) is 4.79 Å². The molecular weight excluding hydrogens is 470 g/mol. The van der Waals surface area contributed by atoms with Crippen LogP contribution in [0.25, 0.3) is 11.1 Å². The predicted octanol–water partition coefficient (Wildman–Crippen LogP) is 5.56. The van der Waals surface area contributed by atoms with Gasteiger partial charge in [-0.05, 0) is 42.4 Å². The summed E-state index contributed by atoms with van der Waals surface area (Å²) in [5.41, 5.74) is 2.58. The number of aryl methyl sites for hydroxylation is 1. The number of amides is 1. The zero-order valence-corrected chi connectivity index (χ0v) is 21.4. The van der Waals surface area contributed by atoms with Crippen LogP contribution in [0, 0.1) is 5.92 Å². The summed E-state index contributed by atoms with van der Waals surface area (Å²) in [6.07, 6.45) is 7.15. The number of nitrogens with one attached hydrogen (secondary N) is 1. The number of hydrogen-bond donors (Lipinski definition) is 1. The molecule has 0 fully saturated rings. The highest BCUT2D eigenvalue weighted by Gasteiger charge is 2.27. The standard InChI is InChI=1S/C25H31N3O4S2/c1-4-5-14-32-25(29)27-34(30,31)24-21(16-20(33-24)15-17(2)3)18-6-8-19(9-7-18)22-10-11-23-26-12-13-28(22)23/h6-9,12-13,16-17,22H,4-5,10-11,14-15H2,1-3H3,(H,27,29)/t22-/m0/s1. The number of fused-ring (bicyclic) bond motifs is 1.